The third-order valence-corrected chi connectivity index (χ3v) is 8.77. The molecule has 1 unspecified atom stereocenters. The molecule has 1 aliphatic heterocycles. The molecule has 35 heavy (non-hydrogen) atoms. The lowest BCUT2D eigenvalue weighted by molar-refractivity contribution is 0.0963. The molecule has 1 saturated carbocycles. The first-order valence-corrected chi connectivity index (χ1v) is 13.2. The molecule has 4 aliphatic rings. The van der Waals surface area contributed by atoms with E-state index in [9.17, 15) is 9.59 Å². The van der Waals surface area contributed by atoms with Crippen LogP contribution in [-0.2, 0) is 12.8 Å². The van der Waals surface area contributed by atoms with E-state index in [2.05, 4.69) is 26.2 Å². The summed E-state index contributed by atoms with van der Waals surface area (Å²) in [6.07, 6.45) is 9.89. The van der Waals surface area contributed by atoms with E-state index in [0.717, 1.165) is 74.6 Å². The zero-order valence-corrected chi connectivity index (χ0v) is 21.0. The number of piperazine rings is 1. The van der Waals surface area contributed by atoms with Gasteiger partial charge in [0.15, 0.2) is 0 Å². The van der Waals surface area contributed by atoms with Crippen molar-refractivity contribution in [1.82, 2.24) is 20.2 Å². The highest BCUT2D eigenvalue weighted by atomic mass is 35.5. The van der Waals surface area contributed by atoms with Gasteiger partial charge in [-0.2, -0.15) is 0 Å². The molecule has 1 saturated heterocycles. The highest BCUT2D eigenvalue weighted by molar-refractivity contribution is 6.33. The monoisotopic (exact) mass is 493 g/mol. The van der Waals surface area contributed by atoms with Crippen molar-refractivity contribution in [3.63, 3.8) is 0 Å². The largest absolute Gasteiger partial charge is 0.368 e. The number of nitrogens with one attached hydrogen (secondary N) is 2. The Kier molecular flexibility index (Phi) is 5.72. The normalized spacial score (nSPS) is 23.2. The van der Waals surface area contributed by atoms with Crippen LogP contribution in [0.2, 0.25) is 5.02 Å². The van der Waals surface area contributed by atoms with Crippen molar-refractivity contribution in [1.29, 1.82) is 0 Å². The Morgan fingerprint density at radius 2 is 1.97 bits per heavy atom. The van der Waals surface area contributed by atoms with Crippen LogP contribution < -0.4 is 15.8 Å². The highest BCUT2D eigenvalue weighted by Crippen LogP contribution is 2.53. The Balaban J connectivity index is 1.12. The third-order valence-electron chi connectivity index (χ3n) is 8.47. The standard InChI is InChI=1S/C27H32ClN5O2/c1-29-25(34)18-3-5-23(21(28)15-18)33-12-10-32(11-13-33)19-4-2-17(14-19)24-30-22-6-7-27(8-9-27)16-20(22)26(35)31-24/h3,5,14-15,19H,2,4,6-13,16H2,1H3,(H,29,34)(H,30,31,35). The van der Waals surface area contributed by atoms with Crippen molar-refractivity contribution < 1.29 is 4.79 Å². The minimum absolute atomic E-state index is 0.0771. The lowest BCUT2D eigenvalue weighted by atomic mass is 9.84. The van der Waals surface area contributed by atoms with Crippen LogP contribution in [0.15, 0.2) is 29.1 Å². The number of carbonyl (C=O) groups is 1. The van der Waals surface area contributed by atoms with Crippen LogP contribution in [0.1, 0.15) is 59.5 Å². The second kappa shape index (κ2) is 8.79. The number of anilines is 1. The number of H-pyrrole nitrogens is 1. The van der Waals surface area contributed by atoms with Crippen molar-refractivity contribution in [2.75, 3.05) is 38.1 Å². The first kappa shape index (κ1) is 22.8. The number of aromatic amines is 1. The van der Waals surface area contributed by atoms with Crippen molar-refractivity contribution in [3.05, 3.63) is 62.3 Å². The van der Waals surface area contributed by atoms with Crippen molar-refractivity contribution >= 4 is 28.8 Å². The molecule has 1 atom stereocenters. The molecule has 2 heterocycles. The minimum atomic E-state index is -0.131. The number of nitrogens with zero attached hydrogens (tertiary/aromatic N) is 3. The van der Waals surface area contributed by atoms with E-state index in [-0.39, 0.29) is 11.5 Å². The van der Waals surface area contributed by atoms with Crippen LogP contribution in [0.4, 0.5) is 5.69 Å². The van der Waals surface area contributed by atoms with Crippen LogP contribution in [0.5, 0.6) is 0 Å². The van der Waals surface area contributed by atoms with Crippen LogP contribution >= 0.6 is 11.6 Å². The summed E-state index contributed by atoms with van der Waals surface area (Å²) in [6, 6.07) is 5.88. The topological polar surface area (TPSA) is 81.3 Å². The number of hydrogen-bond donors (Lipinski definition) is 2. The molecule has 1 aromatic heterocycles. The summed E-state index contributed by atoms with van der Waals surface area (Å²) in [4.78, 5) is 37.6. The van der Waals surface area contributed by atoms with E-state index in [1.165, 1.54) is 24.8 Å². The van der Waals surface area contributed by atoms with E-state index in [4.69, 9.17) is 16.6 Å². The summed E-state index contributed by atoms with van der Waals surface area (Å²) < 4.78 is 0. The summed E-state index contributed by atoms with van der Waals surface area (Å²) in [5, 5.41) is 3.25. The van der Waals surface area contributed by atoms with Gasteiger partial charge in [0, 0.05) is 50.4 Å². The maximum absolute atomic E-state index is 12.8. The number of rotatable bonds is 4. The number of fused-ring (bicyclic) bond motifs is 1. The Labute approximate surface area is 210 Å². The van der Waals surface area contributed by atoms with Crippen molar-refractivity contribution in [2.45, 2.75) is 51.0 Å². The lowest BCUT2D eigenvalue weighted by Gasteiger charge is -2.39. The van der Waals surface area contributed by atoms with Gasteiger partial charge in [-0.3, -0.25) is 14.5 Å². The van der Waals surface area contributed by atoms with Gasteiger partial charge >= 0.3 is 0 Å². The van der Waals surface area contributed by atoms with Crippen LogP contribution in [0.3, 0.4) is 0 Å². The van der Waals surface area contributed by atoms with Gasteiger partial charge in [0.2, 0.25) is 0 Å². The number of aromatic nitrogens is 2. The molecule has 2 aromatic rings. The molecule has 1 amide bonds. The van der Waals surface area contributed by atoms with E-state index in [1.807, 2.05) is 12.1 Å². The predicted octanol–water partition coefficient (Wildman–Crippen LogP) is 3.42. The first-order valence-electron chi connectivity index (χ1n) is 12.8. The SMILES string of the molecule is CNC(=O)c1ccc(N2CCN(C3C=C(c4nc5c(c(=O)[nH]4)CC4(CC5)CC4)CC3)CC2)c(Cl)c1. The van der Waals surface area contributed by atoms with Crippen molar-refractivity contribution in [2.24, 2.45) is 5.41 Å². The molecule has 8 heteroatoms. The molecule has 0 bridgehead atoms. The molecule has 0 radical (unpaired) electrons. The number of halogens is 1. The van der Waals surface area contributed by atoms with Gasteiger partial charge in [-0.1, -0.05) is 17.7 Å². The Morgan fingerprint density at radius 3 is 2.69 bits per heavy atom. The summed E-state index contributed by atoms with van der Waals surface area (Å²) in [5.74, 6) is 0.651. The Morgan fingerprint density at radius 1 is 1.17 bits per heavy atom. The van der Waals surface area contributed by atoms with E-state index in [1.54, 1.807) is 13.1 Å². The maximum atomic E-state index is 12.8. The van der Waals surface area contributed by atoms with Gasteiger partial charge in [0.05, 0.1) is 16.4 Å². The molecule has 2 N–H and O–H groups in total. The number of aryl methyl sites for hydroxylation is 1. The summed E-state index contributed by atoms with van der Waals surface area (Å²) in [5.41, 5.74) is 5.18. The molecule has 6 rings (SSSR count). The zero-order valence-electron chi connectivity index (χ0n) is 20.2. The van der Waals surface area contributed by atoms with Gasteiger partial charge < -0.3 is 15.2 Å². The maximum Gasteiger partial charge on any atom is 0.254 e. The van der Waals surface area contributed by atoms with Crippen LogP contribution in [0, 0.1) is 5.41 Å². The van der Waals surface area contributed by atoms with Crippen LogP contribution in [-0.4, -0.2) is 60.0 Å². The first-order chi connectivity index (χ1) is 16.9. The Hall–Kier alpha value is -2.64. The minimum Gasteiger partial charge on any atom is -0.368 e. The molecular formula is C27H32ClN5O2. The predicted molar refractivity (Wildman–Crippen MR) is 138 cm³/mol. The van der Waals surface area contributed by atoms with Gasteiger partial charge in [0.25, 0.3) is 11.5 Å². The summed E-state index contributed by atoms with van der Waals surface area (Å²) >= 11 is 6.52. The molecule has 7 nitrogen and oxygen atoms in total. The fraction of sp³-hybridized carbons (Fsp3) is 0.519. The fourth-order valence-electron chi connectivity index (χ4n) is 6.07. The van der Waals surface area contributed by atoms with Crippen molar-refractivity contribution in [3.8, 4) is 0 Å². The fourth-order valence-corrected chi connectivity index (χ4v) is 6.37. The van der Waals surface area contributed by atoms with E-state index in [0.29, 0.717) is 22.0 Å². The number of amides is 1. The van der Waals surface area contributed by atoms with E-state index < -0.39 is 0 Å². The van der Waals surface area contributed by atoms with Crippen LogP contribution in [0.25, 0.3) is 5.57 Å². The third kappa shape index (κ3) is 4.29. The molecule has 1 aromatic carbocycles. The van der Waals surface area contributed by atoms with Gasteiger partial charge in [0.1, 0.15) is 5.82 Å². The number of carbonyl (C=O) groups excluding carboxylic acids is 1. The highest BCUT2D eigenvalue weighted by Gasteiger charge is 2.45. The number of hydrogen-bond acceptors (Lipinski definition) is 5. The number of allylic oxidation sites excluding steroid dienone is 1. The summed E-state index contributed by atoms with van der Waals surface area (Å²) in [7, 11) is 1.62. The number of benzene rings is 1. The molecule has 184 valence electrons. The molecule has 2 fully saturated rings. The molecule has 1 spiro atoms. The smallest absolute Gasteiger partial charge is 0.254 e. The average molecular weight is 494 g/mol. The lowest BCUT2D eigenvalue weighted by Crippen LogP contribution is -2.49. The zero-order chi connectivity index (χ0) is 24.2. The van der Waals surface area contributed by atoms with E-state index >= 15 is 0 Å². The Bertz CT molecular complexity index is 1260. The van der Waals surface area contributed by atoms with Gasteiger partial charge in [-0.15, -0.1) is 0 Å². The average Bonchev–Trinajstić information content (AvgIpc) is 3.43. The molecule has 3 aliphatic carbocycles. The summed E-state index contributed by atoms with van der Waals surface area (Å²) in [6.45, 7) is 3.65. The van der Waals surface area contributed by atoms with Gasteiger partial charge in [-0.25, -0.2) is 4.98 Å². The quantitative estimate of drug-likeness (QED) is 0.682. The second-order valence-electron chi connectivity index (χ2n) is 10.6. The van der Waals surface area contributed by atoms with Gasteiger partial charge in [-0.05, 0) is 74.1 Å². The second-order valence-corrected chi connectivity index (χ2v) is 11.0. The molecular weight excluding hydrogens is 462 g/mol.